The van der Waals surface area contributed by atoms with Gasteiger partial charge in [0.1, 0.15) is 0 Å². The van der Waals surface area contributed by atoms with Crippen LogP contribution < -0.4 is 10.6 Å². The van der Waals surface area contributed by atoms with E-state index >= 15 is 0 Å². The van der Waals surface area contributed by atoms with Crippen LogP contribution in [0.3, 0.4) is 0 Å². The number of hydrogen-bond donors (Lipinski definition) is 2. The van der Waals surface area contributed by atoms with E-state index in [1.165, 1.54) is 33.6 Å². The molecule has 0 saturated carbocycles. The predicted octanol–water partition coefficient (Wildman–Crippen LogP) is 8.18. The lowest BCUT2D eigenvalue weighted by Gasteiger charge is -2.20. The Labute approximate surface area is 172 Å². The van der Waals surface area contributed by atoms with Crippen molar-refractivity contribution in [3.8, 4) is 0 Å². The van der Waals surface area contributed by atoms with Crippen LogP contribution >= 0.6 is 0 Å². The van der Waals surface area contributed by atoms with Crippen molar-refractivity contribution in [2.45, 2.75) is 79.1 Å². The van der Waals surface area contributed by atoms with Gasteiger partial charge < -0.3 is 10.6 Å². The third kappa shape index (κ3) is 5.19. The average molecular weight is 379 g/mol. The van der Waals surface area contributed by atoms with E-state index in [-0.39, 0.29) is 0 Å². The summed E-state index contributed by atoms with van der Waals surface area (Å²) < 4.78 is 0. The van der Waals surface area contributed by atoms with Crippen molar-refractivity contribution >= 4 is 11.4 Å². The molecule has 152 valence electrons. The summed E-state index contributed by atoms with van der Waals surface area (Å²) in [6.07, 6.45) is 4.07. The molecule has 0 spiro atoms. The fourth-order valence-corrected chi connectivity index (χ4v) is 3.69. The number of rotatable bonds is 8. The monoisotopic (exact) mass is 378 g/mol. The average Bonchev–Trinajstić information content (AvgIpc) is 2.64. The Morgan fingerprint density at radius 1 is 0.500 bits per heavy atom. The van der Waals surface area contributed by atoms with E-state index in [0.717, 1.165) is 0 Å². The van der Waals surface area contributed by atoms with E-state index in [2.05, 4.69) is 102 Å². The largest absolute Gasteiger partial charge is 0.360 e. The van der Waals surface area contributed by atoms with Gasteiger partial charge in [-0.3, -0.25) is 0 Å². The van der Waals surface area contributed by atoms with Crippen molar-refractivity contribution in [3.05, 3.63) is 71.1 Å². The highest BCUT2D eigenvalue weighted by Crippen LogP contribution is 2.34. The second-order valence-electron chi connectivity index (χ2n) is 8.86. The molecular formula is C26H38N2. The summed E-state index contributed by atoms with van der Waals surface area (Å²) in [7, 11) is 0. The zero-order valence-corrected chi connectivity index (χ0v) is 18.9. The molecular weight excluding hydrogens is 340 g/mol. The summed E-state index contributed by atoms with van der Waals surface area (Å²) in [5.41, 5.74) is 7.93. The summed E-state index contributed by atoms with van der Waals surface area (Å²) in [6, 6.07) is 13.3. The van der Waals surface area contributed by atoms with E-state index in [1.54, 1.807) is 0 Å². The Kier molecular flexibility index (Phi) is 7.74. The maximum Gasteiger partial charge on any atom is 0.0450 e. The molecule has 0 atom stereocenters. The molecule has 2 N–H and O–H groups in total. The normalized spacial score (nSPS) is 12.0. The van der Waals surface area contributed by atoms with E-state index in [4.69, 9.17) is 0 Å². The maximum absolute atomic E-state index is 3.57. The van der Waals surface area contributed by atoms with Gasteiger partial charge in [-0.2, -0.15) is 0 Å². The van der Waals surface area contributed by atoms with Crippen molar-refractivity contribution in [2.24, 2.45) is 0 Å². The Morgan fingerprint density at radius 3 is 0.964 bits per heavy atom. The minimum Gasteiger partial charge on any atom is -0.360 e. The van der Waals surface area contributed by atoms with Crippen LogP contribution in [-0.2, 0) is 0 Å². The lowest BCUT2D eigenvalue weighted by Crippen LogP contribution is -2.05. The van der Waals surface area contributed by atoms with E-state index in [1.807, 2.05) is 12.4 Å². The molecule has 0 unspecified atom stereocenters. The third-order valence-corrected chi connectivity index (χ3v) is 5.28. The van der Waals surface area contributed by atoms with Crippen molar-refractivity contribution in [3.63, 3.8) is 0 Å². The number of nitrogens with one attached hydrogen (secondary N) is 2. The number of anilines is 2. The second kappa shape index (κ2) is 9.82. The van der Waals surface area contributed by atoms with Gasteiger partial charge in [-0.05, 0) is 45.9 Å². The van der Waals surface area contributed by atoms with Gasteiger partial charge >= 0.3 is 0 Å². The fourth-order valence-electron chi connectivity index (χ4n) is 3.69. The first-order chi connectivity index (χ1) is 13.2. The predicted molar refractivity (Wildman–Crippen MR) is 126 cm³/mol. The molecule has 2 nitrogen and oxygen atoms in total. The van der Waals surface area contributed by atoms with Gasteiger partial charge in [0.25, 0.3) is 0 Å². The van der Waals surface area contributed by atoms with Crippen LogP contribution in [0.2, 0.25) is 0 Å². The zero-order valence-electron chi connectivity index (χ0n) is 18.9. The van der Waals surface area contributed by atoms with Crippen LogP contribution in [0.5, 0.6) is 0 Å². The molecule has 0 amide bonds. The molecule has 0 saturated heterocycles. The molecule has 0 fully saturated rings. The minimum atomic E-state index is 0.483. The SMILES string of the molecule is CC(C)c1cccc(C(C)C)c1N/C=C/Nc1c(C(C)C)cccc1C(C)C. The van der Waals surface area contributed by atoms with Crippen LogP contribution in [0.25, 0.3) is 0 Å². The summed E-state index contributed by atoms with van der Waals surface area (Å²) in [5.74, 6) is 1.93. The molecule has 2 aromatic rings. The van der Waals surface area contributed by atoms with E-state index < -0.39 is 0 Å². The van der Waals surface area contributed by atoms with Crippen LogP contribution in [0.4, 0.5) is 11.4 Å². The lowest BCUT2D eigenvalue weighted by atomic mass is 9.92. The van der Waals surface area contributed by atoms with Gasteiger partial charge in [0.05, 0.1) is 0 Å². The zero-order chi connectivity index (χ0) is 20.8. The molecule has 0 radical (unpaired) electrons. The quantitative estimate of drug-likeness (QED) is 0.484. The van der Waals surface area contributed by atoms with Crippen molar-refractivity contribution < 1.29 is 0 Å². The van der Waals surface area contributed by atoms with Gasteiger partial charge in [-0.1, -0.05) is 91.8 Å². The van der Waals surface area contributed by atoms with E-state index in [9.17, 15) is 0 Å². The summed E-state index contributed by atoms with van der Waals surface area (Å²) in [6.45, 7) is 18.0. The first-order valence-corrected chi connectivity index (χ1v) is 10.7. The van der Waals surface area contributed by atoms with Crippen LogP contribution in [0, 0.1) is 0 Å². The first kappa shape index (κ1) is 22.1. The van der Waals surface area contributed by atoms with Gasteiger partial charge in [-0.25, -0.2) is 0 Å². The maximum atomic E-state index is 3.57. The topological polar surface area (TPSA) is 24.1 Å². The van der Waals surface area contributed by atoms with Gasteiger partial charge in [0.15, 0.2) is 0 Å². The Bertz CT molecular complexity index is 678. The summed E-state index contributed by atoms with van der Waals surface area (Å²) in [4.78, 5) is 0. The molecule has 2 heteroatoms. The first-order valence-electron chi connectivity index (χ1n) is 10.7. The minimum absolute atomic E-state index is 0.483. The van der Waals surface area contributed by atoms with Crippen molar-refractivity contribution in [2.75, 3.05) is 10.6 Å². The molecule has 0 aliphatic carbocycles. The molecule has 0 heterocycles. The standard InChI is InChI=1S/C26H38N2/c1-17(2)21-11-9-12-22(18(3)4)25(21)27-15-16-28-26-23(19(5)6)13-10-14-24(26)20(7)8/h9-20,27-28H,1-8H3/b16-15+. The van der Waals surface area contributed by atoms with Gasteiger partial charge in [-0.15, -0.1) is 0 Å². The third-order valence-electron chi connectivity index (χ3n) is 5.28. The highest BCUT2D eigenvalue weighted by molar-refractivity contribution is 5.63. The molecule has 2 aromatic carbocycles. The van der Waals surface area contributed by atoms with Gasteiger partial charge in [0.2, 0.25) is 0 Å². The molecule has 0 aromatic heterocycles. The van der Waals surface area contributed by atoms with Gasteiger partial charge in [0, 0.05) is 23.8 Å². The number of para-hydroxylation sites is 2. The Balaban J connectivity index is 2.29. The number of benzene rings is 2. The summed E-state index contributed by atoms with van der Waals surface area (Å²) in [5, 5.41) is 7.14. The van der Waals surface area contributed by atoms with Crippen molar-refractivity contribution in [1.29, 1.82) is 0 Å². The highest BCUT2D eigenvalue weighted by atomic mass is 14.9. The summed E-state index contributed by atoms with van der Waals surface area (Å²) >= 11 is 0. The Hall–Kier alpha value is -2.22. The molecule has 0 bridgehead atoms. The second-order valence-corrected chi connectivity index (χ2v) is 8.86. The van der Waals surface area contributed by atoms with Crippen molar-refractivity contribution in [1.82, 2.24) is 0 Å². The lowest BCUT2D eigenvalue weighted by molar-refractivity contribution is 0.837. The fraction of sp³-hybridized carbons (Fsp3) is 0.462. The Morgan fingerprint density at radius 2 is 0.750 bits per heavy atom. The highest BCUT2D eigenvalue weighted by Gasteiger charge is 2.14. The molecule has 0 aliphatic heterocycles. The smallest absolute Gasteiger partial charge is 0.0450 e. The van der Waals surface area contributed by atoms with Crippen LogP contribution in [-0.4, -0.2) is 0 Å². The molecule has 2 rings (SSSR count). The van der Waals surface area contributed by atoms with Crippen LogP contribution in [0.15, 0.2) is 48.8 Å². The van der Waals surface area contributed by atoms with E-state index in [0.29, 0.717) is 23.7 Å². The molecule has 28 heavy (non-hydrogen) atoms. The van der Waals surface area contributed by atoms with Crippen LogP contribution in [0.1, 0.15) is 101 Å². The number of hydrogen-bond acceptors (Lipinski definition) is 2. The molecule has 0 aliphatic rings.